The molecule has 0 spiro atoms. The summed E-state index contributed by atoms with van der Waals surface area (Å²) < 4.78 is 24.0. The van der Waals surface area contributed by atoms with Crippen molar-refractivity contribution in [1.82, 2.24) is 0 Å². The topological polar surface area (TPSA) is 60.2 Å². The van der Waals surface area contributed by atoms with Crippen LogP contribution in [0.5, 0.6) is 0 Å². The van der Waals surface area contributed by atoms with Gasteiger partial charge in [0.2, 0.25) is 0 Å². The van der Waals surface area contributed by atoms with Crippen molar-refractivity contribution in [3.8, 4) is 0 Å². The summed E-state index contributed by atoms with van der Waals surface area (Å²) in [5.41, 5.74) is 6.08. The van der Waals surface area contributed by atoms with Gasteiger partial charge in [-0.25, -0.2) is 8.42 Å². The summed E-state index contributed by atoms with van der Waals surface area (Å²) in [7, 11) is -3.20. The van der Waals surface area contributed by atoms with Gasteiger partial charge in [-0.2, -0.15) is 0 Å². The van der Waals surface area contributed by atoms with Crippen molar-refractivity contribution < 1.29 is 8.42 Å². The first-order chi connectivity index (χ1) is 7.21. The fourth-order valence-corrected chi connectivity index (χ4v) is 2.98. The van der Waals surface area contributed by atoms with Crippen LogP contribution >= 0.6 is 0 Å². The van der Waals surface area contributed by atoms with Crippen LogP contribution in [0, 0.1) is 5.41 Å². The number of anilines is 1. The van der Waals surface area contributed by atoms with Gasteiger partial charge in [-0.1, -0.05) is 26.8 Å². The predicted octanol–water partition coefficient (Wildman–Crippen LogP) is 2.48. The lowest BCUT2D eigenvalue weighted by molar-refractivity contribution is 0.397. The van der Waals surface area contributed by atoms with Gasteiger partial charge in [0.25, 0.3) is 0 Å². The summed E-state index contributed by atoms with van der Waals surface area (Å²) >= 11 is 0. The molecular weight excluding hydrogens is 222 g/mol. The summed E-state index contributed by atoms with van der Waals surface area (Å²) in [4.78, 5) is 0.316. The van der Waals surface area contributed by atoms with Crippen LogP contribution in [-0.4, -0.2) is 14.2 Å². The van der Waals surface area contributed by atoms with Crippen molar-refractivity contribution in [2.75, 3.05) is 11.5 Å². The molecule has 0 saturated carbocycles. The highest BCUT2D eigenvalue weighted by atomic mass is 32.2. The zero-order valence-corrected chi connectivity index (χ0v) is 10.8. The van der Waals surface area contributed by atoms with Crippen LogP contribution in [0.25, 0.3) is 0 Å². The molecule has 0 aliphatic rings. The fraction of sp³-hybridized carbons (Fsp3) is 0.500. The van der Waals surface area contributed by atoms with Crippen molar-refractivity contribution in [2.45, 2.75) is 32.1 Å². The number of rotatable bonds is 3. The number of hydrogen-bond donors (Lipinski definition) is 1. The molecule has 90 valence electrons. The Kier molecular flexibility index (Phi) is 3.63. The second-order valence-corrected chi connectivity index (χ2v) is 7.31. The van der Waals surface area contributed by atoms with Crippen LogP contribution in [0.1, 0.15) is 27.2 Å². The smallest absolute Gasteiger partial charge is 0.178 e. The number of sulfone groups is 1. The van der Waals surface area contributed by atoms with E-state index in [-0.39, 0.29) is 11.2 Å². The van der Waals surface area contributed by atoms with E-state index in [1.807, 2.05) is 20.8 Å². The third-order valence-corrected chi connectivity index (χ3v) is 4.05. The minimum absolute atomic E-state index is 0.0212. The first-order valence-electron chi connectivity index (χ1n) is 5.29. The van der Waals surface area contributed by atoms with Gasteiger partial charge in [-0.3, -0.25) is 0 Å². The monoisotopic (exact) mass is 241 g/mol. The summed E-state index contributed by atoms with van der Waals surface area (Å²) in [6, 6.07) is 6.45. The van der Waals surface area contributed by atoms with Gasteiger partial charge in [-0.05, 0) is 30.0 Å². The van der Waals surface area contributed by atoms with Gasteiger partial charge < -0.3 is 5.73 Å². The molecule has 0 aliphatic heterocycles. The van der Waals surface area contributed by atoms with Gasteiger partial charge in [-0.15, -0.1) is 0 Å². The standard InChI is InChI=1S/C12H19NO2S/c1-12(2,3)7-8-16(14,15)11-6-4-5-10(13)9-11/h4-6,9H,7-8,13H2,1-3H3. The molecule has 1 aromatic carbocycles. The van der Waals surface area contributed by atoms with E-state index in [1.165, 1.54) is 6.07 Å². The van der Waals surface area contributed by atoms with E-state index in [4.69, 9.17) is 5.73 Å². The average Bonchev–Trinajstić information content (AvgIpc) is 2.14. The highest BCUT2D eigenvalue weighted by molar-refractivity contribution is 7.91. The molecule has 0 fully saturated rings. The molecule has 0 saturated heterocycles. The van der Waals surface area contributed by atoms with Gasteiger partial charge >= 0.3 is 0 Å². The molecule has 16 heavy (non-hydrogen) atoms. The Bertz CT molecular complexity index is 458. The lowest BCUT2D eigenvalue weighted by Crippen LogP contribution is -2.15. The third-order valence-electron chi connectivity index (χ3n) is 2.34. The second-order valence-electron chi connectivity index (χ2n) is 5.20. The second kappa shape index (κ2) is 4.45. The van der Waals surface area contributed by atoms with Crippen LogP contribution in [0.15, 0.2) is 29.2 Å². The van der Waals surface area contributed by atoms with Crippen LogP contribution in [0.4, 0.5) is 5.69 Å². The average molecular weight is 241 g/mol. The van der Waals surface area contributed by atoms with Crippen molar-refractivity contribution in [3.63, 3.8) is 0 Å². The summed E-state index contributed by atoms with van der Waals surface area (Å²) in [5.74, 6) is 0.167. The SMILES string of the molecule is CC(C)(C)CCS(=O)(=O)c1cccc(N)c1. The molecule has 1 aromatic rings. The summed E-state index contributed by atoms with van der Waals surface area (Å²) in [6.07, 6.45) is 0.643. The van der Waals surface area contributed by atoms with Crippen molar-refractivity contribution in [3.05, 3.63) is 24.3 Å². The number of hydrogen-bond acceptors (Lipinski definition) is 3. The first kappa shape index (κ1) is 13.0. The molecule has 0 unspecified atom stereocenters. The van der Waals surface area contributed by atoms with E-state index < -0.39 is 9.84 Å². The first-order valence-corrected chi connectivity index (χ1v) is 6.94. The Hall–Kier alpha value is -1.03. The molecule has 0 radical (unpaired) electrons. The van der Waals surface area contributed by atoms with Crippen molar-refractivity contribution >= 4 is 15.5 Å². The Morgan fingerprint density at radius 2 is 1.88 bits per heavy atom. The molecule has 2 N–H and O–H groups in total. The van der Waals surface area contributed by atoms with E-state index in [0.29, 0.717) is 17.0 Å². The fourth-order valence-electron chi connectivity index (χ4n) is 1.27. The molecular formula is C12H19NO2S. The Labute approximate surface area is 97.6 Å². The lowest BCUT2D eigenvalue weighted by atomic mass is 9.94. The Balaban J connectivity index is 2.87. The molecule has 0 bridgehead atoms. The molecule has 0 aromatic heterocycles. The minimum atomic E-state index is -3.20. The summed E-state index contributed by atoms with van der Waals surface area (Å²) in [5, 5.41) is 0. The molecule has 3 nitrogen and oxygen atoms in total. The Morgan fingerprint density at radius 1 is 1.25 bits per heavy atom. The largest absolute Gasteiger partial charge is 0.399 e. The molecule has 0 heterocycles. The highest BCUT2D eigenvalue weighted by Gasteiger charge is 2.19. The van der Waals surface area contributed by atoms with E-state index in [9.17, 15) is 8.42 Å². The van der Waals surface area contributed by atoms with Crippen LogP contribution in [0.2, 0.25) is 0 Å². The van der Waals surface area contributed by atoms with Crippen molar-refractivity contribution in [2.24, 2.45) is 5.41 Å². The third kappa shape index (κ3) is 3.85. The molecule has 0 amide bonds. The van der Waals surface area contributed by atoms with Crippen LogP contribution in [-0.2, 0) is 9.84 Å². The van der Waals surface area contributed by atoms with Gasteiger partial charge in [0, 0.05) is 5.69 Å². The zero-order valence-electron chi connectivity index (χ0n) is 10.0. The predicted molar refractivity (Wildman–Crippen MR) is 67.0 cm³/mol. The molecule has 0 atom stereocenters. The van der Waals surface area contributed by atoms with E-state index in [1.54, 1.807) is 18.2 Å². The molecule has 4 heteroatoms. The van der Waals surface area contributed by atoms with Crippen LogP contribution < -0.4 is 5.73 Å². The maximum atomic E-state index is 12.0. The van der Waals surface area contributed by atoms with E-state index in [2.05, 4.69) is 0 Å². The van der Waals surface area contributed by atoms with Crippen LogP contribution in [0.3, 0.4) is 0 Å². The molecule has 0 aliphatic carbocycles. The van der Waals surface area contributed by atoms with Crippen molar-refractivity contribution in [1.29, 1.82) is 0 Å². The quantitative estimate of drug-likeness (QED) is 0.827. The molecule has 1 rings (SSSR count). The lowest BCUT2D eigenvalue weighted by Gasteiger charge is -2.17. The minimum Gasteiger partial charge on any atom is -0.399 e. The highest BCUT2D eigenvalue weighted by Crippen LogP contribution is 2.22. The normalized spacial score (nSPS) is 12.7. The zero-order chi connectivity index (χ0) is 12.4. The Morgan fingerprint density at radius 3 is 2.38 bits per heavy atom. The maximum absolute atomic E-state index is 12.0. The van der Waals surface area contributed by atoms with E-state index in [0.717, 1.165) is 0 Å². The number of benzene rings is 1. The van der Waals surface area contributed by atoms with Gasteiger partial charge in [0.05, 0.1) is 10.6 Å². The van der Waals surface area contributed by atoms with Gasteiger partial charge in [0.1, 0.15) is 0 Å². The number of nitrogens with two attached hydrogens (primary N) is 1. The van der Waals surface area contributed by atoms with E-state index >= 15 is 0 Å². The summed E-state index contributed by atoms with van der Waals surface area (Å²) in [6.45, 7) is 6.09. The van der Waals surface area contributed by atoms with Gasteiger partial charge in [0.15, 0.2) is 9.84 Å². The maximum Gasteiger partial charge on any atom is 0.178 e. The number of nitrogen functional groups attached to an aromatic ring is 1.